The molecule has 0 fully saturated rings. The first kappa shape index (κ1) is 19.0. The van der Waals surface area contributed by atoms with Crippen molar-refractivity contribution in [1.82, 2.24) is 14.5 Å². The number of halogens is 2. The molecular weight excluding hydrogens is 369 g/mol. The van der Waals surface area contributed by atoms with E-state index in [1.807, 2.05) is 6.92 Å². The van der Waals surface area contributed by atoms with Gasteiger partial charge in [0.15, 0.2) is 0 Å². The minimum Gasteiger partial charge on any atom is -0.332 e. The molecule has 1 atom stereocenters. The van der Waals surface area contributed by atoms with Gasteiger partial charge in [0.1, 0.15) is 11.6 Å². The molecule has 0 spiro atoms. The first-order valence-corrected chi connectivity index (χ1v) is 8.94. The van der Waals surface area contributed by atoms with Crippen LogP contribution in [-0.2, 0) is 6.54 Å². The summed E-state index contributed by atoms with van der Waals surface area (Å²) in [4.78, 5) is 31.5. The number of carbonyl (C=O) groups is 1. The van der Waals surface area contributed by atoms with Crippen molar-refractivity contribution in [2.45, 2.75) is 26.4 Å². The van der Waals surface area contributed by atoms with E-state index in [1.165, 1.54) is 27.7 Å². The number of aromatic nitrogens is 2. The van der Waals surface area contributed by atoms with Crippen LogP contribution < -0.4 is 5.56 Å². The zero-order chi connectivity index (χ0) is 19.7. The van der Waals surface area contributed by atoms with Gasteiger partial charge >= 0.3 is 0 Å². The van der Waals surface area contributed by atoms with Crippen molar-refractivity contribution in [3.63, 3.8) is 0 Å². The summed E-state index contributed by atoms with van der Waals surface area (Å²) in [6.45, 7) is 3.97. The molecule has 1 unspecified atom stereocenters. The molecular formula is C20H19ClFN3O2. The van der Waals surface area contributed by atoms with Crippen LogP contribution in [0.2, 0.25) is 5.02 Å². The number of fused-ring (bicyclic) bond motifs is 1. The fourth-order valence-electron chi connectivity index (χ4n) is 3.01. The smallest absolute Gasteiger partial charge is 0.261 e. The van der Waals surface area contributed by atoms with Gasteiger partial charge in [-0.05, 0) is 44.2 Å². The number of carbonyl (C=O) groups excluding carboxylic acids is 1. The van der Waals surface area contributed by atoms with Crippen molar-refractivity contribution < 1.29 is 9.18 Å². The second-order valence-corrected chi connectivity index (χ2v) is 6.69. The Morgan fingerprint density at radius 1 is 1.30 bits per heavy atom. The van der Waals surface area contributed by atoms with Crippen LogP contribution >= 0.6 is 11.6 Å². The van der Waals surface area contributed by atoms with Gasteiger partial charge in [0.2, 0.25) is 0 Å². The molecule has 0 aliphatic rings. The highest BCUT2D eigenvalue weighted by Gasteiger charge is 2.25. The van der Waals surface area contributed by atoms with E-state index in [4.69, 9.17) is 11.6 Å². The van der Waals surface area contributed by atoms with E-state index in [0.717, 1.165) is 0 Å². The minimum atomic E-state index is -0.587. The van der Waals surface area contributed by atoms with Gasteiger partial charge in [0, 0.05) is 18.6 Å². The molecule has 0 radical (unpaired) electrons. The largest absolute Gasteiger partial charge is 0.332 e. The molecule has 0 saturated heterocycles. The van der Waals surface area contributed by atoms with E-state index in [-0.39, 0.29) is 11.1 Å². The molecule has 3 rings (SSSR count). The zero-order valence-corrected chi connectivity index (χ0v) is 16.0. The number of hydrogen-bond donors (Lipinski definition) is 0. The van der Waals surface area contributed by atoms with Crippen molar-refractivity contribution in [2.24, 2.45) is 0 Å². The average Bonchev–Trinajstić information content (AvgIpc) is 2.67. The maximum atomic E-state index is 14.0. The maximum absolute atomic E-state index is 14.0. The van der Waals surface area contributed by atoms with E-state index >= 15 is 0 Å². The highest BCUT2D eigenvalue weighted by Crippen LogP contribution is 2.22. The van der Waals surface area contributed by atoms with Gasteiger partial charge in [-0.25, -0.2) is 9.37 Å². The maximum Gasteiger partial charge on any atom is 0.261 e. The van der Waals surface area contributed by atoms with Crippen LogP contribution in [0, 0.1) is 5.82 Å². The third-order valence-electron chi connectivity index (χ3n) is 4.64. The Labute approximate surface area is 161 Å². The fourth-order valence-corrected chi connectivity index (χ4v) is 3.18. The fraction of sp³-hybridized carbons (Fsp3) is 0.250. The molecule has 140 valence electrons. The molecule has 0 aliphatic heterocycles. The number of hydrogen-bond acceptors (Lipinski definition) is 3. The van der Waals surface area contributed by atoms with Crippen LogP contribution in [0.25, 0.3) is 10.9 Å². The van der Waals surface area contributed by atoms with Crippen LogP contribution in [0.15, 0.2) is 47.3 Å². The number of rotatable bonds is 4. The molecule has 1 aromatic heterocycles. The summed E-state index contributed by atoms with van der Waals surface area (Å²) in [5, 5.41) is 0.875. The van der Waals surface area contributed by atoms with Gasteiger partial charge in [0.05, 0.1) is 22.5 Å². The summed E-state index contributed by atoms with van der Waals surface area (Å²) in [7, 11) is 1.57. The molecule has 2 aromatic carbocycles. The zero-order valence-electron chi connectivity index (χ0n) is 15.2. The van der Waals surface area contributed by atoms with Crippen LogP contribution in [0.3, 0.4) is 0 Å². The summed E-state index contributed by atoms with van der Waals surface area (Å²) in [5.74, 6) is -0.631. The minimum absolute atomic E-state index is 0.0233. The summed E-state index contributed by atoms with van der Waals surface area (Å²) >= 11 is 6.00. The van der Waals surface area contributed by atoms with E-state index in [0.29, 0.717) is 28.3 Å². The van der Waals surface area contributed by atoms with Crippen LogP contribution in [0.4, 0.5) is 4.39 Å². The van der Waals surface area contributed by atoms with Crippen molar-refractivity contribution in [1.29, 1.82) is 0 Å². The third-order valence-corrected chi connectivity index (χ3v) is 4.88. The van der Waals surface area contributed by atoms with Gasteiger partial charge in [-0.3, -0.25) is 14.2 Å². The number of nitrogens with zero attached hydrogens (tertiary/aromatic N) is 3. The standard InChI is InChI=1S/C20H19ClFN3O2/c1-4-25-18(23-17-10-9-13(21)11-15(17)20(25)27)12(2)24(3)19(26)14-7-5-6-8-16(14)22/h5-12H,4H2,1-3H3. The summed E-state index contributed by atoms with van der Waals surface area (Å²) in [6.07, 6.45) is 0. The molecule has 0 bridgehead atoms. The predicted octanol–water partition coefficient (Wildman–Crippen LogP) is 4.04. The molecule has 3 aromatic rings. The SMILES string of the molecule is CCn1c(C(C)N(C)C(=O)c2ccccc2F)nc2ccc(Cl)cc2c1=O. The average molecular weight is 388 g/mol. The Bertz CT molecular complexity index is 1080. The molecule has 0 N–H and O–H groups in total. The lowest BCUT2D eigenvalue weighted by atomic mass is 10.1. The Morgan fingerprint density at radius 3 is 2.67 bits per heavy atom. The Morgan fingerprint density at radius 2 is 2.00 bits per heavy atom. The van der Waals surface area contributed by atoms with E-state index < -0.39 is 17.8 Å². The lowest BCUT2D eigenvalue weighted by Crippen LogP contribution is -2.35. The van der Waals surface area contributed by atoms with Crippen molar-refractivity contribution >= 4 is 28.4 Å². The third kappa shape index (κ3) is 3.45. The van der Waals surface area contributed by atoms with Crippen molar-refractivity contribution in [2.75, 3.05) is 7.05 Å². The normalized spacial score (nSPS) is 12.2. The second kappa shape index (κ2) is 7.48. The quantitative estimate of drug-likeness (QED) is 0.678. The summed E-state index contributed by atoms with van der Waals surface area (Å²) < 4.78 is 15.5. The monoisotopic (exact) mass is 387 g/mol. The molecule has 7 heteroatoms. The molecule has 0 aliphatic carbocycles. The molecule has 5 nitrogen and oxygen atoms in total. The lowest BCUT2D eigenvalue weighted by Gasteiger charge is -2.27. The summed E-state index contributed by atoms with van der Waals surface area (Å²) in [6, 6.07) is 10.2. The first-order valence-electron chi connectivity index (χ1n) is 8.56. The first-order chi connectivity index (χ1) is 12.8. The molecule has 27 heavy (non-hydrogen) atoms. The topological polar surface area (TPSA) is 55.2 Å². The van der Waals surface area contributed by atoms with Crippen LogP contribution in [-0.4, -0.2) is 27.4 Å². The molecule has 0 saturated carbocycles. The number of benzene rings is 2. The lowest BCUT2D eigenvalue weighted by molar-refractivity contribution is 0.0728. The number of amides is 1. The van der Waals surface area contributed by atoms with Gasteiger partial charge in [-0.15, -0.1) is 0 Å². The summed E-state index contributed by atoms with van der Waals surface area (Å²) in [5.41, 5.74) is 0.256. The Hall–Kier alpha value is -2.73. The van der Waals surface area contributed by atoms with Gasteiger partial charge < -0.3 is 4.90 Å². The van der Waals surface area contributed by atoms with E-state index in [1.54, 1.807) is 38.2 Å². The van der Waals surface area contributed by atoms with Gasteiger partial charge in [-0.2, -0.15) is 0 Å². The van der Waals surface area contributed by atoms with Crippen LogP contribution in [0.1, 0.15) is 36.1 Å². The molecule has 1 heterocycles. The molecule has 1 amide bonds. The highest BCUT2D eigenvalue weighted by molar-refractivity contribution is 6.31. The van der Waals surface area contributed by atoms with E-state index in [2.05, 4.69) is 4.98 Å². The predicted molar refractivity (Wildman–Crippen MR) is 104 cm³/mol. The van der Waals surface area contributed by atoms with Crippen LogP contribution in [0.5, 0.6) is 0 Å². The van der Waals surface area contributed by atoms with Gasteiger partial charge in [0.25, 0.3) is 11.5 Å². The van der Waals surface area contributed by atoms with Gasteiger partial charge in [-0.1, -0.05) is 23.7 Å². The Balaban J connectivity index is 2.08. The highest BCUT2D eigenvalue weighted by atomic mass is 35.5. The van der Waals surface area contributed by atoms with E-state index in [9.17, 15) is 14.0 Å². The van der Waals surface area contributed by atoms with Crippen molar-refractivity contribution in [3.05, 3.63) is 75.0 Å². The second-order valence-electron chi connectivity index (χ2n) is 6.25. The Kier molecular flexibility index (Phi) is 5.28. The van der Waals surface area contributed by atoms with Crippen molar-refractivity contribution in [3.8, 4) is 0 Å².